The zero-order chi connectivity index (χ0) is 15.2. The molecule has 0 aromatic heterocycles. The van der Waals surface area contributed by atoms with Gasteiger partial charge in [0.15, 0.2) is 0 Å². The van der Waals surface area contributed by atoms with Crippen LogP contribution < -0.4 is 0 Å². The van der Waals surface area contributed by atoms with E-state index in [4.69, 9.17) is 4.74 Å². The molecule has 0 N–H and O–H groups in total. The molecule has 0 spiro atoms. The summed E-state index contributed by atoms with van der Waals surface area (Å²) in [5.74, 6) is 0. The number of amides is 2. The van der Waals surface area contributed by atoms with Gasteiger partial charge in [0.25, 0.3) is 0 Å². The molecular weight excluding hydrogens is 266 g/mol. The van der Waals surface area contributed by atoms with Crippen molar-refractivity contribution < 1.29 is 9.53 Å². The molecule has 0 unspecified atom stereocenters. The third-order valence-electron chi connectivity index (χ3n) is 3.77. The second kappa shape index (κ2) is 7.43. The van der Waals surface area contributed by atoms with Crippen LogP contribution in [0.3, 0.4) is 0 Å². The van der Waals surface area contributed by atoms with E-state index >= 15 is 0 Å². The maximum atomic E-state index is 11.9. The fourth-order valence-electron chi connectivity index (χ4n) is 2.55. The lowest BCUT2D eigenvalue weighted by Crippen LogP contribution is -2.51. The molecule has 5 nitrogen and oxygen atoms in total. The Morgan fingerprint density at radius 2 is 1.67 bits per heavy atom. The van der Waals surface area contributed by atoms with Crippen LogP contribution in [-0.2, 0) is 17.9 Å². The number of carbonyl (C=O) groups excluding carboxylic acids is 1. The number of nitrogens with zero attached hydrogens (tertiary/aromatic N) is 3. The van der Waals surface area contributed by atoms with Gasteiger partial charge in [-0.05, 0) is 11.1 Å². The Hall–Kier alpha value is -1.59. The normalized spacial score (nSPS) is 16.0. The molecule has 1 saturated heterocycles. The summed E-state index contributed by atoms with van der Waals surface area (Å²) in [7, 11) is 5.31. The van der Waals surface area contributed by atoms with Crippen molar-refractivity contribution in [2.45, 2.75) is 13.2 Å². The van der Waals surface area contributed by atoms with Gasteiger partial charge in [-0.25, -0.2) is 4.79 Å². The Morgan fingerprint density at radius 1 is 1.10 bits per heavy atom. The van der Waals surface area contributed by atoms with Crippen LogP contribution in [-0.4, -0.2) is 68.1 Å². The molecule has 1 fully saturated rings. The van der Waals surface area contributed by atoms with Crippen molar-refractivity contribution in [2.24, 2.45) is 0 Å². The molecular formula is C16H25N3O2. The van der Waals surface area contributed by atoms with Crippen LogP contribution >= 0.6 is 0 Å². The standard InChI is InChI=1S/C16H25N3O2/c1-17(2)16(20)19-10-8-18(9-11-19)12-14-4-6-15(7-5-14)13-21-3/h4-7H,8-13H2,1-3H3. The minimum Gasteiger partial charge on any atom is -0.380 e. The molecule has 2 amide bonds. The van der Waals surface area contributed by atoms with E-state index in [2.05, 4.69) is 29.2 Å². The highest BCUT2D eigenvalue weighted by molar-refractivity contribution is 5.73. The molecule has 0 atom stereocenters. The number of hydrogen-bond acceptors (Lipinski definition) is 3. The zero-order valence-electron chi connectivity index (χ0n) is 13.2. The molecule has 1 aliphatic heterocycles. The van der Waals surface area contributed by atoms with Gasteiger partial charge in [0.05, 0.1) is 6.61 Å². The minimum absolute atomic E-state index is 0.110. The highest BCUT2D eigenvalue weighted by Gasteiger charge is 2.21. The van der Waals surface area contributed by atoms with E-state index in [-0.39, 0.29) is 6.03 Å². The number of hydrogen-bond donors (Lipinski definition) is 0. The Morgan fingerprint density at radius 3 is 2.19 bits per heavy atom. The van der Waals surface area contributed by atoms with Crippen molar-refractivity contribution in [2.75, 3.05) is 47.4 Å². The second-order valence-electron chi connectivity index (χ2n) is 5.69. The van der Waals surface area contributed by atoms with Gasteiger partial charge in [-0.15, -0.1) is 0 Å². The van der Waals surface area contributed by atoms with Crippen LogP contribution in [0.4, 0.5) is 4.79 Å². The average molecular weight is 291 g/mol. The van der Waals surface area contributed by atoms with Crippen molar-refractivity contribution in [3.63, 3.8) is 0 Å². The average Bonchev–Trinajstić information content (AvgIpc) is 2.49. The first-order valence-electron chi connectivity index (χ1n) is 7.35. The molecule has 5 heteroatoms. The smallest absolute Gasteiger partial charge is 0.319 e. The van der Waals surface area contributed by atoms with Crippen LogP contribution in [0.1, 0.15) is 11.1 Å². The summed E-state index contributed by atoms with van der Waals surface area (Å²) < 4.78 is 5.12. The van der Waals surface area contributed by atoms with Gasteiger partial charge in [0, 0.05) is 53.9 Å². The zero-order valence-corrected chi connectivity index (χ0v) is 13.2. The van der Waals surface area contributed by atoms with Gasteiger partial charge in [0.2, 0.25) is 0 Å². The van der Waals surface area contributed by atoms with Crippen molar-refractivity contribution >= 4 is 6.03 Å². The lowest BCUT2D eigenvalue weighted by atomic mass is 10.1. The predicted molar refractivity (Wildman–Crippen MR) is 83.1 cm³/mol. The van der Waals surface area contributed by atoms with E-state index in [1.807, 2.05) is 4.90 Å². The van der Waals surface area contributed by atoms with Gasteiger partial charge in [0.1, 0.15) is 0 Å². The van der Waals surface area contributed by atoms with Gasteiger partial charge in [-0.3, -0.25) is 4.90 Å². The van der Waals surface area contributed by atoms with Crippen molar-refractivity contribution in [1.82, 2.24) is 14.7 Å². The number of ether oxygens (including phenoxy) is 1. The van der Waals surface area contributed by atoms with Crippen LogP contribution in [0.5, 0.6) is 0 Å². The van der Waals surface area contributed by atoms with Crippen molar-refractivity contribution in [1.29, 1.82) is 0 Å². The largest absolute Gasteiger partial charge is 0.380 e. The first-order valence-corrected chi connectivity index (χ1v) is 7.35. The fourth-order valence-corrected chi connectivity index (χ4v) is 2.55. The van der Waals surface area contributed by atoms with Gasteiger partial charge < -0.3 is 14.5 Å². The fraction of sp³-hybridized carbons (Fsp3) is 0.562. The van der Waals surface area contributed by atoms with Gasteiger partial charge in [-0.2, -0.15) is 0 Å². The van der Waals surface area contributed by atoms with Crippen LogP contribution in [0, 0.1) is 0 Å². The summed E-state index contributed by atoms with van der Waals surface area (Å²) in [5.41, 5.74) is 2.50. The lowest BCUT2D eigenvalue weighted by Gasteiger charge is -2.36. The highest BCUT2D eigenvalue weighted by Crippen LogP contribution is 2.11. The van der Waals surface area contributed by atoms with Gasteiger partial charge in [-0.1, -0.05) is 24.3 Å². The summed E-state index contributed by atoms with van der Waals surface area (Å²) in [5, 5.41) is 0. The molecule has 1 aromatic carbocycles. The monoisotopic (exact) mass is 291 g/mol. The summed E-state index contributed by atoms with van der Waals surface area (Å²) in [6.07, 6.45) is 0. The maximum Gasteiger partial charge on any atom is 0.319 e. The first-order chi connectivity index (χ1) is 10.1. The molecule has 0 saturated carbocycles. The Kier molecular flexibility index (Phi) is 5.59. The molecule has 0 aliphatic carbocycles. The molecule has 116 valence electrons. The van der Waals surface area contributed by atoms with Crippen LogP contribution in [0.2, 0.25) is 0 Å². The number of methoxy groups -OCH3 is 1. The third-order valence-corrected chi connectivity index (χ3v) is 3.77. The van der Waals surface area contributed by atoms with E-state index < -0.39 is 0 Å². The van der Waals surface area contributed by atoms with Crippen LogP contribution in [0.25, 0.3) is 0 Å². The predicted octanol–water partition coefficient (Wildman–Crippen LogP) is 1.63. The number of benzene rings is 1. The second-order valence-corrected chi connectivity index (χ2v) is 5.69. The molecule has 2 rings (SSSR count). The highest BCUT2D eigenvalue weighted by atomic mass is 16.5. The molecule has 1 aliphatic rings. The quantitative estimate of drug-likeness (QED) is 0.846. The van der Waals surface area contributed by atoms with E-state index in [9.17, 15) is 4.79 Å². The molecule has 0 radical (unpaired) electrons. The van der Waals surface area contributed by atoms with Crippen molar-refractivity contribution in [3.8, 4) is 0 Å². The molecule has 1 heterocycles. The number of carbonyl (C=O) groups is 1. The van der Waals surface area contributed by atoms with E-state index in [1.165, 1.54) is 11.1 Å². The molecule has 1 aromatic rings. The third kappa shape index (κ3) is 4.44. The molecule has 21 heavy (non-hydrogen) atoms. The lowest BCUT2D eigenvalue weighted by molar-refractivity contribution is 0.120. The Balaban J connectivity index is 1.81. The summed E-state index contributed by atoms with van der Waals surface area (Å²) >= 11 is 0. The summed E-state index contributed by atoms with van der Waals surface area (Å²) in [4.78, 5) is 17.8. The maximum absolute atomic E-state index is 11.9. The topological polar surface area (TPSA) is 36.0 Å². The number of rotatable bonds is 4. The van der Waals surface area contributed by atoms with Crippen molar-refractivity contribution in [3.05, 3.63) is 35.4 Å². The van der Waals surface area contributed by atoms with E-state index in [0.29, 0.717) is 6.61 Å². The van der Waals surface area contributed by atoms with Gasteiger partial charge >= 0.3 is 6.03 Å². The minimum atomic E-state index is 0.110. The Labute approximate surface area is 127 Å². The summed E-state index contributed by atoms with van der Waals surface area (Å²) in [6, 6.07) is 8.66. The van der Waals surface area contributed by atoms with E-state index in [0.717, 1.165) is 32.7 Å². The summed E-state index contributed by atoms with van der Waals surface area (Å²) in [6.45, 7) is 5.07. The molecule has 0 bridgehead atoms. The van der Waals surface area contributed by atoms with Crippen LogP contribution in [0.15, 0.2) is 24.3 Å². The Bertz CT molecular complexity index is 451. The SMILES string of the molecule is COCc1ccc(CN2CCN(C(=O)N(C)C)CC2)cc1. The van der Waals surface area contributed by atoms with E-state index in [1.54, 1.807) is 26.1 Å². The first kappa shape index (κ1) is 15.8. The number of urea groups is 1. The number of piperazine rings is 1.